The molecule has 0 unspecified atom stereocenters. The molecular weight excluding hydrogens is 310 g/mol. The number of nitrogens with zero attached hydrogens (tertiary/aromatic N) is 3. The third-order valence-corrected chi connectivity index (χ3v) is 5.59. The molecule has 1 aromatic heterocycles. The molecule has 0 radical (unpaired) electrons. The van der Waals surface area contributed by atoms with Crippen molar-refractivity contribution in [3.8, 4) is 0 Å². The Kier molecular flexibility index (Phi) is 4.92. The van der Waals surface area contributed by atoms with Gasteiger partial charge in [0.2, 0.25) is 0 Å². The Labute approximate surface area is 150 Å². The van der Waals surface area contributed by atoms with Gasteiger partial charge in [0.15, 0.2) is 0 Å². The second-order valence-electron chi connectivity index (χ2n) is 7.34. The van der Waals surface area contributed by atoms with Crippen molar-refractivity contribution in [2.45, 2.75) is 38.8 Å². The molecule has 0 saturated carbocycles. The summed E-state index contributed by atoms with van der Waals surface area (Å²) in [4.78, 5) is 2.54. The van der Waals surface area contributed by atoms with Crippen molar-refractivity contribution in [2.75, 3.05) is 36.4 Å². The first-order valence-electron chi connectivity index (χ1n) is 9.65. The SMILES string of the molecule is CCc1cccc(N2CCC(NC[C@H]3CNc4ccnn4C3)CC2)c1. The summed E-state index contributed by atoms with van der Waals surface area (Å²) in [5.74, 6) is 1.77. The predicted molar refractivity (Wildman–Crippen MR) is 103 cm³/mol. The molecule has 1 aromatic carbocycles. The van der Waals surface area contributed by atoms with Gasteiger partial charge in [0, 0.05) is 56.4 Å². The topological polar surface area (TPSA) is 45.1 Å². The fourth-order valence-corrected chi connectivity index (χ4v) is 3.97. The van der Waals surface area contributed by atoms with Crippen LogP contribution >= 0.6 is 0 Å². The molecule has 0 bridgehead atoms. The zero-order valence-corrected chi connectivity index (χ0v) is 15.1. The molecule has 4 rings (SSSR count). The summed E-state index contributed by atoms with van der Waals surface area (Å²) >= 11 is 0. The first-order valence-corrected chi connectivity index (χ1v) is 9.65. The molecule has 0 spiro atoms. The number of fused-ring (bicyclic) bond motifs is 1. The van der Waals surface area contributed by atoms with Gasteiger partial charge in [0.1, 0.15) is 5.82 Å². The highest BCUT2D eigenvalue weighted by Crippen LogP contribution is 2.22. The van der Waals surface area contributed by atoms with Gasteiger partial charge in [-0.25, -0.2) is 4.68 Å². The fourth-order valence-electron chi connectivity index (χ4n) is 3.97. The van der Waals surface area contributed by atoms with Gasteiger partial charge in [-0.2, -0.15) is 5.10 Å². The van der Waals surface area contributed by atoms with Crippen LogP contribution in [0.25, 0.3) is 0 Å². The zero-order valence-electron chi connectivity index (χ0n) is 15.1. The third-order valence-electron chi connectivity index (χ3n) is 5.59. The Morgan fingerprint density at radius 2 is 2.12 bits per heavy atom. The van der Waals surface area contributed by atoms with Gasteiger partial charge in [-0.3, -0.25) is 0 Å². The van der Waals surface area contributed by atoms with Gasteiger partial charge in [0.05, 0.1) is 6.20 Å². The molecule has 1 fully saturated rings. The van der Waals surface area contributed by atoms with E-state index in [1.54, 1.807) is 0 Å². The van der Waals surface area contributed by atoms with E-state index in [4.69, 9.17) is 0 Å². The Hall–Kier alpha value is -2.01. The van der Waals surface area contributed by atoms with E-state index in [0.29, 0.717) is 12.0 Å². The Morgan fingerprint density at radius 1 is 1.24 bits per heavy atom. The van der Waals surface area contributed by atoms with Crippen LogP contribution in [0, 0.1) is 5.92 Å². The predicted octanol–water partition coefficient (Wildman–Crippen LogP) is 2.75. The molecular formula is C20H29N5. The lowest BCUT2D eigenvalue weighted by Crippen LogP contribution is -2.45. The van der Waals surface area contributed by atoms with E-state index in [2.05, 4.69) is 56.5 Å². The second-order valence-corrected chi connectivity index (χ2v) is 7.34. The number of anilines is 2. The van der Waals surface area contributed by atoms with Gasteiger partial charge >= 0.3 is 0 Å². The number of piperidine rings is 1. The molecule has 5 heteroatoms. The summed E-state index contributed by atoms with van der Waals surface area (Å²) in [6.45, 7) is 7.66. The van der Waals surface area contributed by atoms with E-state index in [0.717, 1.165) is 45.0 Å². The molecule has 3 heterocycles. The fraction of sp³-hybridized carbons (Fsp3) is 0.550. The lowest BCUT2D eigenvalue weighted by molar-refractivity contribution is 0.342. The van der Waals surface area contributed by atoms with Crippen LogP contribution in [-0.4, -0.2) is 42.0 Å². The molecule has 2 aliphatic heterocycles. The monoisotopic (exact) mass is 339 g/mol. The first kappa shape index (κ1) is 16.5. The minimum Gasteiger partial charge on any atom is -0.371 e. The second kappa shape index (κ2) is 7.48. The van der Waals surface area contributed by atoms with Crippen molar-refractivity contribution in [3.05, 3.63) is 42.1 Å². The summed E-state index contributed by atoms with van der Waals surface area (Å²) in [6, 6.07) is 11.7. The quantitative estimate of drug-likeness (QED) is 0.879. The van der Waals surface area contributed by atoms with Gasteiger partial charge in [-0.1, -0.05) is 19.1 Å². The minimum atomic E-state index is 0.617. The van der Waals surface area contributed by atoms with Crippen molar-refractivity contribution in [3.63, 3.8) is 0 Å². The molecule has 2 aromatic rings. The Morgan fingerprint density at radius 3 is 2.96 bits per heavy atom. The van der Waals surface area contributed by atoms with Crippen molar-refractivity contribution >= 4 is 11.5 Å². The normalized spacial score (nSPS) is 21.0. The van der Waals surface area contributed by atoms with Crippen LogP contribution in [0.4, 0.5) is 11.5 Å². The van der Waals surface area contributed by atoms with Gasteiger partial charge in [-0.15, -0.1) is 0 Å². The molecule has 1 saturated heterocycles. The van der Waals surface area contributed by atoms with Gasteiger partial charge < -0.3 is 15.5 Å². The average molecular weight is 339 g/mol. The van der Waals surface area contributed by atoms with Crippen molar-refractivity contribution in [1.29, 1.82) is 0 Å². The summed E-state index contributed by atoms with van der Waals surface area (Å²) < 4.78 is 2.08. The maximum absolute atomic E-state index is 4.38. The number of hydrogen-bond acceptors (Lipinski definition) is 4. The Bertz CT molecular complexity index is 687. The van der Waals surface area contributed by atoms with Crippen LogP contribution in [0.3, 0.4) is 0 Å². The maximum atomic E-state index is 4.38. The summed E-state index contributed by atoms with van der Waals surface area (Å²) in [5.41, 5.74) is 2.82. The molecule has 2 N–H and O–H groups in total. The van der Waals surface area contributed by atoms with Crippen LogP contribution in [0.2, 0.25) is 0 Å². The van der Waals surface area contributed by atoms with Crippen LogP contribution < -0.4 is 15.5 Å². The Balaban J connectivity index is 1.24. The molecule has 5 nitrogen and oxygen atoms in total. The lowest BCUT2D eigenvalue weighted by atomic mass is 10.0. The molecule has 0 aliphatic carbocycles. The largest absolute Gasteiger partial charge is 0.371 e. The van der Waals surface area contributed by atoms with E-state index >= 15 is 0 Å². The van der Waals surface area contributed by atoms with Crippen LogP contribution in [-0.2, 0) is 13.0 Å². The van der Waals surface area contributed by atoms with Crippen molar-refractivity contribution in [1.82, 2.24) is 15.1 Å². The van der Waals surface area contributed by atoms with Gasteiger partial charge in [-0.05, 0) is 37.0 Å². The maximum Gasteiger partial charge on any atom is 0.124 e. The number of benzene rings is 1. The third kappa shape index (κ3) is 3.82. The molecule has 134 valence electrons. The number of aromatic nitrogens is 2. The average Bonchev–Trinajstić information content (AvgIpc) is 3.14. The van der Waals surface area contributed by atoms with Crippen molar-refractivity contribution in [2.24, 2.45) is 5.92 Å². The number of hydrogen-bond donors (Lipinski definition) is 2. The van der Waals surface area contributed by atoms with E-state index in [1.807, 2.05) is 12.3 Å². The molecule has 0 amide bonds. The summed E-state index contributed by atoms with van der Waals surface area (Å²) in [7, 11) is 0. The lowest BCUT2D eigenvalue weighted by Gasteiger charge is -2.35. The number of rotatable bonds is 5. The molecule has 2 aliphatic rings. The van der Waals surface area contributed by atoms with Gasteiger partial charge in [0.25, 0.3) is 0 Å². The number of nitrogens with one attached hydrogen (secondary N) is 2. The minimum absolute atomic E-state index is 0.617. The van der Waals surface area contributed by atoms with E-state index in [1.165, 1.54) is 24.1 Å². The zero-order chi connectivity index (χ0) is 17.1. The number of aryl methyl sites for hydroxylation is 1. The highest BCUT2D eigenvalue weighted by atomic mass is 15.3. The smallest absolute Gasteiger partial charge is 0.124 e. The standard InChI is InChI=1S/C20H29N5/c1-2-16-4-3-5-19(12-16)24-10-7-18(8-11-24)21-13-17-14-22-20-6-9-23-25(20)15-17/h3-6,9,12,17-18,21-22H,2,7-8,10-11,13-15H2,1H3/t17-/m0/s1. The highest BCUT2D eigenvalue weighted by Gasteiger charge is 2.22. The summed E-state index contributed by atoms with van der Waals surface area (Å²) in [5, 5.41) is 11.7. The van der Waals surface area contributed by atoms with E-state index in [-0.39, 0.29) is 0 Å². The van der Waals surface area contributed by atoms with E-state index in [9.17, 15) is 0 Å². The summed E-state index contributed by atoms with van der Waals surface area (Å²) in [6.07, 6.45) is 5.44. The van der Waals surface area contributed by atoms with E-state index < -0.39 is 0 Å². The van der Waals surface area contributed by atoms with Crippen LogP contribution in [0.1, 0.15) is 25.3 Å². The van der Waals surface area contributed by atoms with Crippen LogP contribution in [0.5, 0.6) is 0 Å². The first-order chi connectivity index (χ1) is 12.3. The molecule has 1 atom stereocenters. The van der Waals surface area contributed by atoms with Crippen molar-refractivity contribution < 1.29 is 0 Å². The molecule has 25 heavy (non-hydrogen) atoms. The van der Waals surface area contributed by atoms with Crippen LogP contribution in [0.15, 0.2) is 36.5 Å². The highest BCUT2D eigenvalue weighted by molar-refractivity contribution is 5.49.